The summed E-state index contributed by atoms with van der Waals surface area (Å²) in [5.41, 5.74) is 0.928. The predicted molar refractivity (Wildman–Crippen MR) is 93.2 cm³/mol. The van der Waals surface area contributed by atoms with Crippen molar-refractivity contribution < 1.29 is 23.9 Å². The summed E-state index contributed by atoms with van der Waals surface area (Å²) in [5.74, 6) is -1.37. The van der Waals surface area contributed by atoms with Gasteiger partial charge in [0.05, 0.1) is 24.5 Å². The highest BCUT2D eigenvalue weighted by Crippen LogP contribution is 2.37. The standard InChI is InChI=1S/C19H22N2O5/c1-26-19(25)12-6-8-13(9-7-12)20-16(22)10-11-21-17(23)14-4-2-3-5-15(14)18(21)24/h6-9,14-15H,2-5,10-11H2,1H3,(H,20,22)/t14-,15-/m1/s1. The van der Waals surface area contributed by atoms with E-state index in [1.54, 1.807) is 24.3 Å². The summed E-state index contributed by atoms with van der Waals surface area (Å²) < 4.78 is 4.62. The lowest BCUT2D eigenvalue weighted by Crippen LogP contribution is -2.34. The van der Waals surface area contributed by atoms with Crippen molar-refractivity contribution in [1.82, 2.24) is 4.90 Å². The molecule has 0 unspecified atom stereocenters. The number of nitrogens with one attached hydrogen (secondary N) is 1. The van der Waals surface area contributed by atoms with Crippen molar-refractivity contribution in [3.8, 4) is 0 Å². The average molecular weight is 358 g/mol. The van der Waals surface area contributed by atoms with Crippen LogP contribution in [0.1, 0.15) is 42.5 Å². The fourth-order valence-electron chi connectivity index (χ4n) is 3.70. The van der Waals surface area contributed by atoms with Gasteiger partial charge >= 0.3 is 5.97 Å². The third kappa shape index (κ3) is 3.61. The van der Waals surface area contributed by atoms with Gasteiger partial charge in [-0.3, -0.25) is 19.3 Å². The molecule has 3 rings (SSSR count). The number of carbonyl (C=O) groups is 4. The van der Waals surface area contributed by atoms with Gasteiger partial charge in [0.2, 0.25) is 17.7 Å². The molecule has 0 radical (unpaired) electrons. The second kappa shape index (κ2) is 7.68. The van der Waals surface area contributed by atoms with Gasteiger partial charge in [0.15, 0.2) is 0 Å². The van der Waals surface area contributed by atoms with Crippen LogP contribution in [-0.2, 0) is 19.1 Å². The van der Waals surface area contributed by atoms with Gasteiger partial charge in [0.1, 0.15) is 0 Å². The van der Waals surface area contributed by atoms with Crippen molar-refractivity contribution in [3.05, 3.63) is 29.8 Å². The average Bonchev–Trinajstić information content (AvgIpc) is 2.91. The molecule has 7 heteroatoms. The van der Waals surface area contributed by atoms with Crippen LogP contribution < -0.4 is 5.32 Å². The SMILES string of the molecule is COC(=O)c1ccc(NC(=O)CCN2C(=O)[C@@H]3CCCC[C@H]3C2=O)cc1. The Labute approximate surface area is 151 Å². The number of imide groups is 1. The molecular weight excluding hydrogens is 336 g/mol. The van der Waals surface area contributed by atoms with Crippen molar-refractivity contribution in [1.29, 1.82) is 0 Å². The molecule has 2 atom stereocenters. The van der Waals surface area contributed by atoms with E-state index in [9.17, 15) is 19.2 Å². The number of benzene rings is 1. The highest BCUT2D eigenvalue weighted by Gasteiger charge is 2.47. The molecule has 26 heavy (non-hydrogen) atoms. The van der Waals surface area contributed by atoms with E-state index in [0.29, 0.717) is 11.3 Å². The van der Waals surface area contributed by atoms with Gasteiger partial charge < -0.3 is 10.1 Å². The van der Waals surface area contributed by atoms with E-state index >= 15 is 0 Å². The second-order valence-corrected chi connectivity index (χ2v) is 6.69. The van der Waals surface area contributed by atoms with E-state index in [0.717, 1.165) is 25.7 Å². The lowest BCUT2D eigenvalue weighted by atomic mass is 9.81. The molecule has 2 aliphatic rings. The van der Waals surface area contributed by atoms with E-state index in [-0.39, 0.29) is 42.5 Å². The quantitative estimate of drug-likeness (QED) is 0.642. The van der Waals surface area contributed by atoms with Gasteiger partial charge in [-0.05, 0) is 37.1 Å². The van der Waals surface area contributed by atoms with Crippen molar-refractivity contribution >= 4 is 29.4 Å². The molecule has 1 aliphatic heterocycles. The maximum Gasteiger partial charge on any atom is 0.337 e. The molecule has 1 saturated carbocycles. The van der Waals surface area contributed by atoms with Crippen LogP contribution in [0.15, 0.2) is 24.3 Å². The van der Waals surface area contributed by atoms with Gasteiger partial charge in [-0.2, -0.15) is 0 Å². The normalized spacial score (nSPS) is 22.1. The molecule has 1 aromatic rings. The van der Waals surface area contributed by atoms with Crippen molar-refractivity contribution in [3.63, 3.8) is 0 Å². The lowest BCUT2D eigenvalue weighted by molar-refractivity contribution is -0.140. The summed E-state index contributed by atoms with van der Waals surface area (Å²) in [4.78, 5) is 49.5. The fraction of sp³-hybridized carbons (Fsp3) is 0.474. The second-order valence-electron chi connectivity index (χ2n) is 6.69. The van der Waals surface area contributed by atoms with Crippen LogP contribution in [0, 0.1) is 11.8 Å². The predicted octanol–water partition coefficient (Wildman–Crippen LogP) is 1.98. The zero-order valence-electron chi connectivity index (χ0n) is 14.7. The van der Waals surface area contributed by atoms with Crippen molar-refractivity contribution in [2.24, 2.45) is 11.8 Å². The van der Waals surface area contributed by atoms with Crippen LogP contribution >= 0.6 is 0 Å². The minimum absolute atomic E-state index is 0.0513. The Hall–Kier alpha value is -2.70. The number of ether oxygens (including phenoxy) is 1. The Balaban J connectivity index is 1.53. The molecule has 7 nitrogen and oxygen atoms in total. The summed E-state index contributed by atoms with van der Waals surface area (Å²) in [7, 11) is 1.30. The Bertz CT molecular complexity index is 704. The first-order valence-electron chi connectivity index (χ1n) is 8.84. The first kappa shape index (κ1) is 18.1. The Morgan fingerprint density at radius 1 is 1.08 bits per heavy atom. The van der Waals surface area contributed by atoms with Gasteiger partial charge in [0.25, 0.3) is 0 Å². The Morgan fingerprint density at radius 3 is 2.19 bits per heavy atom. The molecule has 1 saturated heterocycles. The number of fused-ring (bicyclic) bond motifs is 1. The third-order valence-corrected chi connectivity index (χ3v) is 5.08. The van der Waals surface area contributed by atoms with Crippen LogP contribution in [0.2, 0.25) is 0 Å². The summed E-state index contributed by atoms with van der Waals surface area (Å²) >= 11 is 0. The minimum Gasteiger partial charge on any atom is -0.465 e. The summed E-state index contributed by atoms with van der Waals surface area (Å²) in [5, 5.41) is 2.70. The smallest absolute Gasteiger partial charge is 0.337 e. The molecule has 138 valence electrons. The summed E-state index contributed by atoms with van der Waals surface area (Å²) in [6.07, 6.45) is 3.55. The molecule has 3 amide bonds. The highest BCUT2D eigenvalue weighted by atomic mass is 16.5. The highest BCUT2D eigenvalue weighted by molar-refractivity contribution is 6.05. The molecule has 1 N–H and O–H groups in total. The first-order valence-corrected chi connectivity index (χ1v) is 8.84. The number of esters is 1. The molecule has 1 aliphatic carbocycles. The number of hydrogen-bond donors (Lipinski definition) is 1. The van der Waals surface area contributed by atoms with Gasteiger partial charge in [-0.15, -0.1) is 0 Å². The Morgan fingerprint density at radius 2 is 1.65 bits per heavy atom. The van der Waals surface area contributed by atoms with Crippen LogP contribution in [0.4, 0.5) is 5.69 Å². The number of methoxy groups -OCH3 is 1. The first-order chi connectivity index (χ1) is 12.5. The number of hydrogen-bond acceptors (Lipinski definition) is 5. The van der Waals surface area contributed by atoms with E-state index < -0.39 is 5.97 Å². The van der Waals surface area contributed by atoms with Crippen molar-refractivity contribution in [2.45, 2.75) is 32.1 Å². The number of nitrogens with zero attached hydrogens (tertiary/aromatic N) is 1. The van der Waals surface area contributed by atoms with Gasteiger partial charge in [0, 0.05) is 18.7 Å². The van der Waals surface area contributed by atoms with Crippen molar-refractivity contribution in [2.75, 3.05) is 19.0 Å². The number of carbonyl (C=O) groups excluding carboxylic acids is 4. The van der Waals surface area contributed by atoms with E-state index in [2.05, 4.69) is 10.1 Å². The molecule has 1 heterocycles. The summed E-state index contributed by atoms with van der Waals surface area (Å²) in [6, 6.07) is 6.31. The minimum atomic E-state index is -0.449. The zero-order chi connectivity index (χ0) is 18.7. The number of rotatable bonds is 5. The largest absolute Gasteiger partial charge is 0.465 e. The van der Waals surface area contributed by atoms with Crippen LogP contribution in [0.25, 0.3) is 0 Å². The molecular formula is C19H22N2O5. The molecule has 2 fully saturated rings. The molecule has 0 spiro atoms. The number of amides is 3. The van der Waals surface area contributed by atoms with Gasteiger partial charge in [-0.25, -0.2) is 4.79 Å². The van der Waals surface area contributed by atoms with E-state index in [1.807, 2.05) is 0 Å². The monoisotopic (exact) mass is 358 g/mol. The fourth-order valence-corrected chi connectivity index (χ4v) is 3.70. The molecule has 0 aromatic heterocycles. The maximum absolute atomic E-state index is 12.4. The van der Waals surface area contributed by atoms with Gasteiger partial charge in [-0.1, -0.05) is 12.8 Å². The number of anilines is 1. The third-order valence-electron chi connectivity index (χ3n) is 5.08. The maximum atomic E-state index is 12.4. The van der Waals surface area contributed by atoms with Crippen LogP contribution in [0.5, 0.6) is 0 Å². The zero-order valence-corrected chi connectivity index (χ0v) is 14.7. The van der Waals surface area contributed by atoms with Crippen LogP contribution in [0.3, 0.4) is 0 Å². The Kier molecular flexibility index (Phi) is 5.35. The molecule has 0 bridgehead atoms. The topological polar surface area (TPSA) is 92.8 Å². The van der Waals surface area contributed by atoms with E-state index in [4.69, 9.17) is 0 Å². The van der Waals surface area contributed by atoms with Crippen LogP contribution in [-0.4, -0.2) is 42.2 Å². The van der Waals surface area contributed by atoms with E-state index in [1.165, 1.54) is 12.0 Å². The lowest BCUT2D eigenvalue weighted by Gasteiger charge is -2.19. The number of likely N-dealkylation sites (tertiary alicyclic amines) is 1. The molecule has 1 aromatic carbocycles. The summed E-state index contributed by atoms with van der Waals surface area (Å²) in [6.45, 7) is 0.108.